The zero-order chi connectivity index (χ0) is 8.53. The van der Waals surface area contributed by atoms with Crippen LogP contribution in [0, 0.1) is 0 Å². The van der Waals surface area contributed by atoms with Crippen molar-refractivity contribution in [2.45, 2.75) is 19.4 Å². The van der Waals surface area contributed by atoms with E-state index in [1.165, 1.54) is 0 Å². The first-order valence-electron chi connectivity index (χ1n) is 3.83. The molecule has 0 aliphatic carbocycles. The molecule has 0 bridgehead atoms. The van der Waals surface area contributed by atoms with E-state index in [1.54, 1.807) is 0 Å². The lowest BCUT2D eigenvalue weighted by atomic mass is 10.4. The van der Waals surface area contributed by atoms with Gasteiger partial charge in [0.15, 0.2) is 0 Å². The lowest BCUT2D eigenvalue weighted by Crippen LogP contribution is -2.19. The van der Waals surface area contributed by atoms with E-state index in [4.69, 9.17) is 14.9 Å². The lowest BCUT2D eigenvalue weighted by molar-refractivity contribution is 0.0149. The third kappa shape index (κ3) is 7.52. The largest absolute Gasteiger partial charge is 0.394 e. The quantitative estimate of drug-likeness (QED) is 0.434. The maximum atomic E-state index is 8.82. The Morgan fingerprint density at radius 3 is 2.73 bits per heavy atom. The molecule has 1 unspecified atom stereocenters. The normalized spacial score (nSPS) is 14.1. The van der Waals surface area contributed by atoms with Crippen LogP contribution in [0.1, 0.15) is 13.3 Å². The molecule has 0 saturated heterocycles. The topological polar surface area (TPSA) is 49.7 Å². The predicted molar refractivity (Wildman–Crippen MR) is 43.3 cm³/mol. The second kappa shape index (κ2) is 7.72. The Morgan fingerprint density at radius 1 is 1.45 bits per heavy atom. The van der Waals surface area contributed by atoms with E-state index in [2.05, 4.69) is 0 Å². The maximum absolute atomic E-state index is 8.82. The van der Waals surface area contributed by atoms with Gasteiger partial charge >= 0.3 is 0 Å². The number of rotatable bonds is 6. The number of hydrogen-bond acceptors (Lipinski definition) is 3. The van der Waals surface area contributed by atoms with Crippen molar-refractivity contribution in [2.75, 3.05) is 19.8 Å². The molecule has 3 nitrogen and oxygen atoms in total. The first-order valence-corrected chi connectivity index (χ1v) is 3.83. The Kier molecular flexibility index (Phi) is 7.46. The first-order chi connectivity index (χ1) is 5.31. The first kappa shape index (κ1) is 10.6. The smallest absolute Gasteiger partial charge is 0.100 e. The highest BCUT2D eigenvalue weighted by Crippen LogP contribution is 1.85. The van der Waals surface area contributed by atoms with Gasteiger partial charge in [-0.25, -0.2) is 0 Å². The Hall–Kier alpha value is -0.380. The van der Waals surface area contributed by atoms with Gasteiger partial charge in [0.2, 0.25) is 0 Å². The van der Waals surface area contributed by atoms with Gasteiger partial charge in [0, 0.05) is 0 Å². The highest BCUT2D eigenvalue weighted by Gasteiger charge is 1.98. The molecule has 0 fully saturated rings. The molecule has 2 N–H and O–H groups in total. The summed E-state index contributed by atoms with van der Waals surface area (Å²) in [7, 11) is 0. The third-order valence-electron chi connectivity index (χ3n) is 1.14. The fourth-order valence-corrected chi connectivity index (χ4v) is 0.560. The van der Waals surface area contributed by atoms with E-state index in [0.717, 1.165) is 6.42 Å². The summed E-state index contributed by atoms with van der Waals surface area (Å²) in [6, 6.07) is 0. The average molecular weight is 160 g/mol. The maximum Gasteiger partial charge on any atom is 0.100 e. The summed E-state index contributed by atoms with van der Waals surface area (Å²) in [4.78, 5) is 0. The highest BCUT2D eigenvalue weighted by molar-refractivity contribution is 4.79. The summed E-state index contributed by atoms with van der Waals surface area (Å²) < 4.78 is 4.99. The second-order valence-corrected chi connectivity index (χ2v) is 2.25. The van der Waals surface area contributed by atoms with E-state index < -0.39 is 6.10 Å². The minimum Gasteiger partial charge on any atom is -0.394 e. The molecule has 0 radical (unpaired) electrons. The third-order valence-corrected chi connectivity index (χ3v) is 1.14. The molecule has 0 spiro atoms. The van der Waals surface area contributed by atoms with E-state index in [0.29, 0.717) is 6.61 Å². The lowest BCUT2D eigenvalue weighted by Gasteiger charge is -2.05. The SMILES string of the molecule is CCC=CCOCC(O)CO. The zero-order valence-corrected chi connectivity index (χ0v) is 6.86. The second-order valence-electron chi connectivity index (χ2n) is 2.25. The number of hydrogen-bond donors (Lipinski definition) is 2. The number of aliphatic hydroxyl groups excluding tert-OH is 2. The molecule has 0 aliphatic heterocycles. The molecule has 3 heteroatoms. The van der Waals surface area contributed by atoms with Gasteiger partial charge in [-0.1, -0.05) is 19.1 Å². The van der Waals surface area contributed by atoms with Crippen molar-refractivity contribution < 1.29 is 14.9 Å². The Labute approximate surface area is 67.3 Å². The summed E-state index contributed by atoms with van der Waals surface area (Å²) in [5.41, 5.74) is 0. The highest BCUT2D eigenvalue weighted by atomic mass is 16.5. The predicted octanol–water partition coefficient (Wildman–Crippen LogP) is 0.322. The van der Waals surface area contributed by atoms with Crippen molar-refractivity contribution in [2.24, 2.45) is 0 Å². The molecule has 0 aromatic heterocycles. The van der Waals surface area contributed by atoms with Crippen LogP contribution in [0.4, 0.5) is 0 Å². The van der Waals surface area contributed by atoms with E-state index in [9.17, 15) is 0 Å². The number of ether oxygens (including phenoxy) is 1. The average Bonchev–Trinajstić information content (AvgIpc) is 2.04. The van der Waals surface area contributed by atoms with Gasteiger partial charge in [-0.05, 0) is 6.42 Å². The van der Waals surface area contributed by atoms with Crippen LogP contribution in [0.15, 0.2) is 12.2 Å². The van der Waals surface area contributed by atoms with Crippen LogP contribution in [0.3, 0.4) is 0 Å². The van der Waals surface area contributed by atoms with Crippen LogP contribution in [-0.2, 0) is 4.74 Å². The molecule has 0 amide bonds. The van der Waals surface area contributed by atoms with E-state index in [-0.39, 0.29) is 13.2 Å². The monoisotopic (exact) mass is 160 g/mol. The molecule has 11 heavy (non-hydrogen) atoms. The Morgan fingerprint density at radius 2 is 2.18 bits per heavy atom. The van der Waals surface area contributed by atoms with E-state index >= 15 is 0 Å². The molecule has 0 aromatic carbocycles. The summed E-state index contributed by atoms with van der Waals surface area (Å²) in [6.45, 7) is 2.51. The molecule has 0 aliphatic rings. The summed E-state index contributed by atoms with van der Waals surface area (Å²) in [5.74, 6) is 0. The summed E-state index contributed by atoms with van der Waals surface area (Å²) >= 11 is 0. The molecule has 0 aromatic rings. The van der Waals surface area contributed by atoms with Crippen LogP contribution >= 0.6 is 0 Å². The van der Waals surface area contributed by atoms with Gasteiger partial charge in [-0.15, -0.1) is 0 Å². The van der Waals surface area contributed by atoms with Gasteiger partial charge in [0.05, 0.1) is 19.8 Å². The molecule has 0 rings (SSSR count). The number of allylic oxidation sites excluding steroid dienone is 1. The Bertz CT molecular complexity index is 102. The van der Waals surface area contributed by atoms with Crippen LogP contribution in [0.25, 0.3) is 0 Å². The van der Waals surface area contributed by atoms with Crippen molar-refractivity contribution in [3.8, 4) is 0 Å². The van der Waals surface area contributed by atoms with Crippen LogP contribution in [0.2, 0.25) is 0 Å². The van der Waals surface area contributed by atoms with Crippen molar-refractivity contribution in [1.29, 1.82) is 0 Å². The molecule has 1 atom stereocenters. The van der Waals surface area contributed by atoms with Crippen molar-refractivity contribution in [3.63, 3.8) is 0 Å². The van der Waals surface area contributed by atoms with E-state index in [1.807, 2.05) is 19.1 Å². The summed E-state index contributed by atoms with van der Waals surface area (Å²) in [5, 5.41) is 17.2. The van der Waals surface area contributed by atoms with Gasteiger partial charge in [0.25, 0.3) is 0 Å². The molecular weight excluding hydrogens is 144 g/mol. The zero-order valence-electron chi connectivity index (χ0n) is 6.86. The van der Waals surface area contributed by atoms with Crippen LogP contribution < -0.4 is 0 Å². The van der Waals surface area contributed by atoms with Crippen molar-refractivity contribution >= 4 is 0 Å². The molecule has 66 valence electrons. The van der Waals surface area contributed by atoms with Crippen LogP contribution in [-0.4, -0.2) is 36.1 Å². The fourth-order valence-electron chi connectivity index (χ4n) is 0.560. The molecule has 0 heterocycles. The minimum atomic E-state index is -0.745. The minimum absolute atomic E-state index is 0.199. The summed E-state index contributed by atoms with van der Waals surface area (Å²) in [6.07, 6.45) is 4.13. The van der Waals surface area contributed by atoms with Crippen LogP contribution in [0.5, 0.6) is 0 Å². The van der Waals surface area contributed by atoms with Gasteiger partial charge in [-0.3, -0.25) is 0 Å². The standard InChI is InChI=1S/C8H16O3/c1-2-3-4-5-11-7-8(10)6-9/h3-4,8-10H,2,5-7H2,1H3. The van der Waals surface area contributed by atoms with Gasteiger partial charge in [0.1, 0.15) is 6.10 Å². The molecule has 0 saturated carbocycles. The van der Waals surface area contributed by atoms with Gasteiger partial charge in [-0.2, -0.15) is 0 Å². The Balaban J connectivity index is 3.07. The molecular formula is C8H16O3. The fraction of sp³-hybridized carbons (Fsp3) is 0.750. The van der Waals surface area contributed by atoms with Crippen molar-refractivity contribution in [3.05, 3.63) is 12.2 Å². The van der Waals surface area contributed by atoms with Gasteiger partial charge < -0.3 is 14.9 Å². The number of aliphatic hydroxyl groups is 2. The van der Waals surface area contributed by atoms with Crippen molar-refractivity contribution in [1.82, 2.24) is 0 Å².